The Balaban J connectivity index is 2.02. The molecule has 1 heterocycles. The standard InChI is InChI=1S/C19H26ClN5O3S/c1-4-28-19(27)22-15(9-12(2)3)10-21-16(26)11-25-17(23-24-18(25)29)13-5-7-14(20)8-6-13/h5-8,12,15H,4,9-11H2,1-3H3,(H,21,26)(H,22,27)(H,24,29). The highest BCUT2D eigenvalue weighted by Gasteiger charge is 2.17. The highest BCUT2D eigenvalue weighted by atomic mass is 35.5. The molecule has 3 N–H and O–H groups in total. The van der Waals surface area contributed by atoms with E-state index in [-0.39, 0.29) is 25.0 Å². The van der Waals surface area contributed by atoms with E-state index in [1.165, 1.54) is 0 Å². The zero-order valence-corrected chi connectivity index (χ0v) is 18.3. The molecule has 2 aromatic rings. The summed E-state index contributed by atoms with van der Waals surface area (Å²) in [4.78, 5) is 24.2. The zero-order chi connectivity index (χ0) is 21.4. The molecule has 1 unspecified atom stereocenters. The molecule has 0 saturated carbocycles. The van der Waals surface area contributed by atoms with Crippen molar-refractivity contribution in [3.8, 4) is 11.4 Å². The number of hydrogen-bond acceptors (Lipinski definition) is 5. The lowest BCUT2D eigenvalue weighted by atomic mass is 10.0. The number of hydrogen-bond donors (Lipinski definition) is 3. The first-order chi connectivity index (χ1) is 13.8. The van der Waals surface area contributed by atoms with Gasteiger partial charge >= 0.3 is 6.09 Å². The summed E-state index contributed by atoms with van der Waals surface area (Å²) in [5, 5.41) is 13.2. The number of H-pyrrole nitrogens is 1. The van der Waals surface area contributed by atoms with Crippen molar-refractivity contribution in [3.63, 3.8) is 0 Å². The van der Waals surface area contributed by atoms with Gasteiger partial charge in [0.2, 0.25) is 5.91 Å². The monoisotopic (exact) mass is 439 g/mol. The molecule has 8 nitrogen and oxygen atoms in total. The third-order valence-corrected chi connectivity index (χ3v) is 4.63. The number of halogens is 1. The summed E-state index contributed by atoms with van der Waals surface area (Å²) in [6.45, 7) is 6.42. The Hall–Kier alpha value is -2.39. The van der Waals surface area contributed by atoms with Crippen LogP contribution >= 0.6 is 23.8 Å². The Morgan fingerprint density at radius 3 is 2.62 bits per heavy atom. The summed E-state index contributed by atoms with van der Waals surface area (Å²) >= 11 is 11.2. The van der Waals surface area contributed by atoms with Crippen LogP contribution in [0.4, 0.5) is 4.79 Å². The van der Waals surface area contributed by atoms with Gasteiger partial charge in [-0.2, -0.15) is 5.10 Å². The lowest BCUT2D eigenvalue weighted by Crippen LogP contribution is -2.45. The number of amides is 2. The maximum atomic E-state index is 12.5. The van der Waals surface area contributed by atoms with Crippen molar-refractivity contribution in [2.75, 3.05) is 13.2 Å². The maximum absolute atomic E-state index is 12.5. The van der Waals surface area contributed by atoms with Crippen molar-refractivity contribution in [2.24, 2.45) is 5.92 Å². The molecule has 0 radical (unpaired) electrons. The van der Waals surface area contributed by atoms with E-state index < -0.39 is 6.09 Å². The predicted octanol–water partition coefficient (Wildman–Crippen LogP) is 3.54. The highest BCUT2D eigenvalue weighted by molar-refractivity contribution is 7.71. The maximum Gasteiger partial charge on any atom is 0.407 e. The van der Waals surface area contributed by atoms with Crippen LogP contribution in [0.3, 0.4) is 0 Å². The molecule has 0 saturated heterocycles. The van der Waals surface area contributed by atoms with Crippen LogP contribution in [-0.4, -0.2) is 46.0 Å². The van der Waals surface area contributed by atoms with Gasteiger partial charge in [0.15, 0.2) is 10.6 Å². The molecule has 1 atom stereocenters. The van der Waals surface area contributed by atoms with Crippen molar-refractivity contribution in [1.82, 2.24) is 25.4 Å². The lowest BCUT2D eigenvalue weighted by Gasteiger charge is -2.21. The molecule has 1 aromatic heterocycles. The van der Waals surface area contributed by atoms with E-state index in [1.807, 2.05) is 26.0 Å². The fourth-order valence-electron chi connectivity index (χ4n) is 2.82. The number of aromatic amines is 1. The van der Waals surface area contributed by atoms with Gasteiger partial charge in [-0.15, -0.1) is 0 Å². The van der Waals surface area contributed by atoms with E-state index in [2.05, 4.69) is 20.8 Å². The molecule has 29 heavy (non-hydrogen) atoms. The van der Waals surface area contributed by atoms with Crippen LogP contribution in [0.1, 0.15) is 27.2 Å². The second-order valence-electron chi connectivity index (χ2n) is 6.94. The molecule has 2 rings (SSSR count). The summed E-state index contributed by atoms with van der Waals surface area (Å²) in [5.74, 6) is 0.653. The number of aromatic nitrogens is 3. The van der Waals surface area contributed by atoms with Crippen molar-refractivity contribution < 1.29 is 14.3 Å². The molecular weight excluding hydrogens is 414 g/mol. The van der Waals surface area contributed by atoms with Crippen LogP contribution in [0.25, 0.3) is 11.4 Å². The van der Waals surface area contributed by atoms with E-state index in [4.69, 9.17) is 28.6 Å². The molecule has 0 bridgehead atoms. The van der Waals surface area contributed by atoms with E-state index in [0.717, 1.165) is 5.56 Å². The first-order valence-electron chi connectivity index (χ1n) is 9.41. The first-order valence-corrected chi connectivity index (χ1v) is 10.2. The third kappa shape index (κ3) is 7.17. The van der Waals surface area contributed by atoms with Gasteiger partial charge in [0.25, 0.3) is 0 Å². The first kappa shape index (κ1) is 22.9. The molecule has 0 aliphatic carbocycles. The number of ether oxygens (including phenoxy) is 1. The normalized spacial score (nSPS) is 11.9. The van der Waals surface area contributed by atoms with Gasteiger partial charge < -0.3 is 15.4 Å². The van der Waals surface area contributed by atoms with Gasteiger partial charge in [0.05, 0.1) is 6.61 Å². The summed E-state index contributed by atoms with van der Waals surface area (Å²) in [7, 11) is 0. The Kier molecular flexibility index (Phi) is 8.66. The molecule has 0 fully saturated rings. The smallest absolute Gasteiger partial charge is 0.407 e. The van der Waals surface area contributed by atoms with Crippen LogP contribution < -0.4 is 10.6 Å². The number of carbonyl (C=O) groups excluding carboxylic acids is 2. The van der Waals surface area contributed by atoms with Crippen molar-refractivity contribution in [1.29, 1.82) is 0 Å². The van der Waals surface area contributed by atoms with E-state index in [1.54, 1.807) is 23.6 Å². The van der Waals surface area contributed by atoms with Gasteiger partial charge in [0, 0.05) is 23.2 Å². The van der Waals surface area contributed by atoms with Crippen LogP contribution in [0.15, 0.2) is 24.3 Å². The number of alkyl carbamates (subject to hydrolysis) is 1. The Labute approximate surface area is 180 Å². The fraction of sp³-hybridized carbons (Fsp3) is 0.474. The van der Waals surface area contributed by atoms with Crippen LogP contribution in [-0.2, 0) is 16.1 Å². The highest BCUT2D eigenvalue weighted by Crippen LogP contribution is 2.19. The minimum atomic E-state index is -0.491. The van der Waals surface area contributed by atoms with Crippen LogP contribution in [0.5, 0.6) is 0 Å². The SMILES string of the molecule is CCOC(=O)NC(CNC(=O)Cn1c(-c2ccc(Cl)cc2)n[nH]c1=S)CC(C)C. The number of carbonyl (C=O) groups is 2. The average molecular weight is 440 g/mol. The fourth-order valence-corrected chi connectivity index (χ4v) is 3.14. The molecule has 158 valence electrons. The molecular formula is C19H26ClN5O3S. The summed E-state index contributed by atoms with van der Waals surface area (Å²) in [6, 6.07) is 6.88. The molecule has 0 spiro atoms. The largest absolute Gasteiger partial charge is 0.450 e. The molecule has 0 aliphatic rings. The van der Waals surface area contributed by atoms with Crippen molar-refractivity contribution in [2.45, 2.75) is 39.8 Å². The zero-order valence-electron chi connectivity index (χ0n) is 16.7. The molecule has 0 aliphatic heterocycles. The predicted molar refractivity (Wildman–Crippen MR) is 114 cm³/mol. The van der Waals surface area contributed by atoms with Gasteiger partial charge in [-0.3, -0.25) is 14.5 Å². The number of benzene rings is 1. The Morgan fingerprint density at radius 2 is 2.00 bits per heavy atom. The van der Waals surface area contributed by atoms with E-state index in [0.29, 0.717) is 34.6 Å². The third-order valence-electron chi connectivity index (χ3n) is 4.06. The summed E-state index contributed by atoms with van der Waals surface area (Å²) in [5.41, 5.74) is 0.788. The molecule has 2 amide bonds. The van der Waals surface area contributed by atoms with Gasteiger partial charge in [0.1, 0.15) is 6.54 Å². The second-order valence-corrected chi connectivity index (χ2v) is 7.76. The quantitative estimate of drug-likeness (QED) is 0.519. The van der Waals surface area contributed by atoms with Crippen molar-refractivity contribution >= 4 is 35.8 Å². The van der Waals surface area contributed by atoms with Crippen LogP contribution in [0.2, 0.25) is 5.02 Å². The Bertz CT molecular complexity index is 879. The topological polar surface area (TPSA) is 101 Å². The summed E-state index contributed by atoms with van der Waals surface area (Å²) < 4.78 is 6.89. The molecule has 10 heteroatoms. The number of rotatable bonds is 9. The lowest BCUT2D eigenvalue weighted by molar-refractivity contribution is -0.121. The average Bonchev–Trinajstić information content (AvgIpc) is 3.00. The van der Waals surface area contributed by atoms with Gasteiger partial charge in [-0.1, -0.05) is 25.4 Å². The van der Waals surface area contributed by atoms with Crippen molar-refractivity contribution in [3.05, 3.63) is 34.1 Å². The summed E-state index contributed by atoms with van der Waals surface area (Å²) in [6.07, 6.45) is 0.217. The minimum Gasteiger partial charge on any atom is -0.450 e. The second kappa shape index (κ2) is 11.0. The van der Waals surface area contributed by atoms with Gasteiger partial charge in [-0.25, -0.2) is 4.79 Å². The van der Waals surface area contributed by atoms with Crippen LogP contribution in [0, 0.1) is 10.7 Å². The van der Waals surface area contributed by atoms with E-state index >= 15 is 0 Å². The van der Waals surface area contributed by atoms with Gasteiger partial charge in [-0.05, 0) is 55.7 Å². The molecule has 1 aromatic carbocycles. The Morgan fingerprint density at radius 1 is 1.31 bits per heavy atom. The van der Waals surface area contributed by atoms with E-state index in [9.17, 15) is 9.59 Å². The number of nitrogens with zero attached hydrogens (tertiary/aromatic N) is 2. The number of nitrogens with one attached hydrogen (secondary N) is 3. The minimum absolute atomic E-state index is 0.00109.